The van der Waals surface area contributed by atoms with Crippen LogP contribution in [-0.4, -0.2) is 86.4 Å². The molecule has 258 valence electrons. The SMILES string of the molecule is COCCOCCOCCOCCOc1cc(C)c(-c2cc3c(NC4CCCCC4)c(C(N)=Nc4cc(F)ccc4Cl)cnn3c2)cn1. The number of rotatable bonds is 18. The molecule has 1 aliphatic carbocycles. The third-order valence-corrected chi connectivity index (χ3v) is 8.39. The van der Waals surface area contributed by atoms with Gasteiger partial charge >= 0.3 is 0 Å². The second kappa shape index (κ2) is 18.1. The Labute approximate surface area is 285 Å². The summed E-state index contributed by atoms with van der Waals surface area (Å²) in [5.41, 5.74) is 12.0. The summed E-state index contributed by atoms with van der Waals surface area (Å²) < 4.78 is 43.0. The number of halogens is 2. The predicted molar refractivity (Wildman–Crippen MR) is 185 cm³/mol. The molecule has 1 fully saturated rings. The van der Waals surface area contributed by atoms with E-state index in [-0.39, 0.29) is 17.6 Å². The lowest BCUT2D eigenvalue weighted by Crippen LogP contribution is -2.25. The van der Waals surface area contributed by atoms with Crippen molar-refractivity contribution in [3.63, 3.8) is 0 Å². The van der Waals surface area contributed by atoms with Crippen LogP contribution in [-0.2, 0) is 18.9 Å². The monoisotopic (exact) mass is 682 g/mol. The fourth-order valence-corrected chi connectivity index (χ4v) is 5.72. The normalized spacial score (nSPS) is 14.1. The summed E-state index contributed by atoms with van der Waals surface area (Å²) in [6.07, 6.45) is 11.1. The van der Waals surface area contributed by atoms with Crippen LogP contribution < -0.4 is 15.8 Å². The van der Waals surface area contributed by atoms with Crippen LogP contribution in [0, 0.1) is 12.7 Å². The molecule has 1 aliphatic rings. The molecule has 5 rings (SSSR count). The third-order valence-electron chi connectivity index (χ3n) is 8.07. The second-order valence-corrected chi connectivity index (χ2v) is 12.0. The fraction of sp³-hybridized carbons (Fsp3) is 0.457. The molecule has 3 N–H and O–H groups in total. The summed E-state index contributed by atoms with van der Waals surface area (Å²) in [6.45, 7) is 5.94. The molecular weight excluding hydrogens is 639 g/mol. The van der Waals surface area contributed by atoms with Crippen LogP contribution in [0.1, 0.15) is 43.2 Å². The fourth-order valence-electron chi connectivity index (χ4n) is 5.56. The highest BCUT2D eigenvalue weighted by Gasteiger charge is 2.21. The molecule has 3 aromatic heterocycles. The summed E-state index contributed by atoms with van der Waals surface area (Å²) in [5, 5.41) is 8.70. The zero-order chi connectivity index (χ0) is 33.7. The lowest BCUT2D eigenvalue weighted by molar-refractivity contribution is 0.00000309. The summed E-state index contributed by atoms with van der Waals surface area (Å²) in [6, 6.07) is 8.29. The van der Waals surface area contributed by atoms with E-state index in [9.17, 15) is 4.39 Å². The number of amidine groups is 1. The van der Waals surface area contributed by atoms with Gasteiger partial charge in [0, 0.05) is 48.8 Å². The van der Waals surface area contributed by atoms with E-state index in [0.29, 0.717) is 69.3 Å². The topological polar surface area (TPSA) is 127 Å². The molecule has 13 heteroatoms. The number of ether oxygens (including phenoxy) is 5. The molecule has 1 saturated carbocycles. The van der Waals surface area contributed by atoms with E-state index in [1.54, 1.807) is 19.5 Å². The van der Waals surface area contributed by atoms with Gasteiger partial charge in [0.15, 0.2) is 0 Å². The van der Waals surface area contributed by atoms with Crippen LogP contribution in [0.5, 0.6) is 5.88 Å². The van der Waals surface area contributed by atoms with Gasteiger partial charge < -0.3 is 34.7 Å². The number of nitrogens with two attached hydrogens (primary N) is 1. The first-order valence-electron chi connectivity index (χ1n) is 16.3. The summed E-state index contributed by atoms with van der Waals surface area (Å²) in [7, 11) is 1.64. The quantitative estimate of drug-likeness (QED) is 0.0701. The van der Waals surface area contributed by atoms with Crippen molar-refractivity contribution >= 4 is 34.3 Å². The summed E-state index contributed by atoms with van der Waals surface area (Å²) in [5.74, 6) is 0.272. The van der Waals surface area contributed by atoms with Crippen LogP contribution in [0.2, 0.25) is 5.02 Å². The zero-order valence-electron chi connectivity index (χ0n) is 27.6. The Morgan fingerprint density at radius 1 is 0.979 bits per heavy atom. The van der Waals surface area contributed by atoms with E-state index in [0.717, 1.165) is 53.6 Å². The molecule has 0 unspecified atom stereocenters. The number of nitrogens with one attached hydrogen (secondary N) is 1. The third kappa shape index (κ3) is 9.86. The standard InChI is InChI=1S/C35H44ClFN6O5/c1-24-18-33(48-17-16-47-15-14-46-13-12-45-11-10-44-2)39-21-28(24)25-19-32-34(41-27-6-4-3-5-7-27)29(22-40-43(32)23-25)35(38)42-31-20-26(37)8-9-30(31)36/h8-9,18-23,27,41H,3-7,10-17H2,1-2H3,(H2,38,42). The van der Waals surface area contributed by atoms with E-state index in [1.807, 2.05) is 23.7 Å². The molecule has 0 atom stereocenters. The maximum atomic E-state index is 14.0. The van der Waals surface area contributed by atoms with Crippen molar-refractivity contribution in [1.82, 2.24) is 14.6 Å². The number of methoxy groups -OCH3 is 1. The maximum absolute atomic E-state index is 14.0. The number of benzene rings is 1. The first kappa shape index (κ1) is 35.5. The Balaban J connectivity index is 1.25. The van der Waals surface area contributed by atoms with Gasteiger partial charge in [-0.15, -0.1) is 0 Å². The molecule has 1 aromatic carbocycles. The largest absolute Gasteiger partial charge is 0.475 e. The first-order valence-corrected chi connectivity index (χ1v) is 16.7. The van der Waals surface area contributed by atoms with Gasteiger partial charge in [0.2, 0.25) is 5.88 Å². The van der Waals surface area contributed by atoms with Crippen molar-refractivity contribution in [2.45, 2.75) is 45.1 Å². The van der Waals surface area contributed by atoms with Gasteiger partial charge in [0.1, 0.15) is 18.3 Å². The van der Waals surface area contributed by atoms with E-state index >= 15 is 0 Å². The number of aryl methyl sites for hydroxylation is 1. The molecular formula is C35H44ClFN6O5. The number of hydrogen-bond acceptors (Lipinski definition) is 9. The minimum atomic E-state index is -0.442. The highest BCUT2D eigenvalue weighted by atomic mass is 35.5. The van der Waals surface area contributed by atoms with E-state index in [2.05, 4.69) is 26.5 Å². The van der Waals surface area contributed by atoms with E-state index in [4.69, 9.17) is 41.0 Å². The summed E-state index contributed by atoms with van der Waals surface area (Å²) >= 11 is 6.30. The molecule has 48 heavy (non-hydrogen) atoms. The maximum Gasteiger partial charge on any atom is 0.213 e. The molecule has 0 amide bonds. The number of aliphatic imine (C=N–C) groups is 1. The lowest BCUT2D eigenvalue weighted by Gasteiger charge is -2.25. The van der Waals surface area contributed by atoms with Gasteiger partial charge in [0.05, 0.1) is 79.9 Å². The van der Waals surface area contributed by atoms with Gasteiger partial charge in [-0.25, -0.2) is 18.9 Å². The zero-order valence-corrected chi connectivity index (χ0v) is 28.3. The van der Waals surface area contributed by atoms with Crippen molar-refractivity contribution in [1.29, 1.82) is 0 Å². The minimum absolute atomic E-state index is 0.192. The number of aromatic nitrogens is 3. The van der Waals surface area contributed by atoms with E-state index in [1.165, 1.54) is 24.6 Å². The van der Waals surface area contributed by atoms with Crippen LogP contribution in [0.15, 0.2) is 53.9 Å². The van der Waals surface area contributed by atoms with Crippen LogP contribution in [0.4, 0.5) is 15.8 Å². The molecule has 11 nitrogen and oxygen atoms in total. The smallest absolute Gasteiger partial charge is 0.213 e. The Morgan fingerprint density at radius 2 is 1.69 bits per heavy atom. The highest BCUT2D eigenvalue weighted by Crippen LogP contribution is 2.33. The number of anilines is 1. The van der Waals surface area contributed by atoms with Crippen molar-refractivity contribution in [3.8, 4) is 17.0 Å². The van der Waals surface area contributed by atoms with Crippen molar-refractivity contribution < 1.29 is 28.1 Å². The van der Waals surface area contributed by atoms with Crippen LogP contribution in [0.25, 0.3) is 16.6 Å². The highest BCUT2D eigenvalue weighted by molar-refractivity contribution is 6.33. The van der Waals surface area contributed by atoms with Gasteiger partial charge in [-0.05, 0) is 43.5 Å². The number of hydrogen-bond donors (Lipinski definition) is 2. The molecule has 0 radical (unpaired) electrons. The Morgan fingerprint density at radius 3 is 2.40 bits per heavy atom. The average Bonchev–Trinajstić information content (AvgIpc) is 3.52. The van der Waals surface area contributed by atoms with Crippen molar-refractivity contribution in [3.05, 3.63) is 70.9 Å². The molecule has 0 saturated heterocycles. The molecule has 3 heterocycles. The molecule has 0 bridgehead atoms. The van der Waals surface area contributed by atoms with Crippen LogP contribution in [0.3, 0.4) is 0 Å². The number of fused-ring (bicyclic) bond motifs is 1. The van der Waals surface area contributed by atoms with Gasteiger partial charge in [-0.3, -0.25) is 0 Å². The van der Waals surface area contributed by atoms with Gasteiger partial charge in [-0.1, -0.05) is 30.9 Å². The number of nitrogens with zero attached hydrogens (tertiary/aromatic N) is 4. The van der Waals surface area contributed by atoms with Crippen molar-refractivity contribution in [2.75, 3.05) is 65.3 Å². The van der Waals surface area contributed by atoms with Crippen LogP contribution >= 0.6 is 11.6 Å². The number of pyridine rings is 1. The Kier molecular flexibility index (Phi) is 13.4. The lowest BCUT2D eigenvalue weighted by atomic mass is 9.95. The first-order chi connectivity index (χ1) is 23.4. The minimum Gasteiger partial charge on any atom is -0.475 e. The Hall–Kier alpha value is -3.81. The van der Waals surface area contributed by atoms with E-state index < -0.39 is 5.82 Å². The molecule has 4 aromatic rings. The second-order valence-electron chi connectivity index (χ2n) is 11.6. The predicted octanol–water partition coefficient (Wildman–Crippen LogP) is 6.35. The molecule has 0 aliphatic heterocycles. The Bertz CT molecular complexity index is 1660. The van der Waals surface area contributed by atoms with Gasteiger partial charge in [0.25, 0.3) is 0 Å². The van der Waals surface area contributed by atoms with Crippen molar-refractivity contribution in [2.24, 2.45) is 10.7 Å². The molecule has 0 spiro atoms. The summed E-state index contributed by atoms with van der Waals surface area (Å²) in [4.78, 5) is 9.04. The van der Waals surface area contributed by atoms with Gasteiger partial charge in [-0.2, -0.15) is 5.10 Å². The average molecular weight is 683 g/mol.